The third kappa shape index (κ3) is 4.88. The first-order chi connectivity index (χ1) is 10.8. The Hall–Kier alpha value is 0.660. The molecule has 1 saturated heterocycles. The number of nitrogens with zero attached hydrogens (tertiary/aromatic N) is 2. The van der Waals surface area contributed by atoms with Gasteiger partial charge in [0.1, 0.15) is 12.5 Å². The van der Waals surface area contributed by atoms with Crippen LogP contribution in [0.25, 0.3) is 0 Å². The Kier molecular flexibility index (Phi) is 6.42. The molecule has 0 aromatic heterocycles. The predicted octanol–water partition coefficient (Wildman–Crippen LogP) is 3.97. The highest BCUT2D eigenvalue weighted by Gasteiger charge is 2.61. The normalized spacial score (nSPS) is 29.2. The molecule has 3 nitrogen and oxygen atoms in total. The largest absolute Gasteiger partial charge is 0.647 e. The van der Waals surface area contributed by atoms with Crippen LogP contribution in [0.5, 0.6) is 0 Å². The van der Waals surface area contributed by atoms with Crippen molar-refractivity contribution < 1.29 is 4.89 Å². The van der Waals surface area contributed by atoms with Gasteiger partial charge < -0.3 is 4.89 Å². The molecule has 0 aromatic rings. The Morgan fingerprint density at radius 3 is 1.54 bits per heavy atom. The van der Waals surface area contributed by atoms with Crippen molar-refractivity contribution in [2.45, 2.75) is 79.3 Å². The minimum absolute atomic E-state index is 0.190. The Morgan fingerprint density at radius 2 is 1.25 bits per heavy atom. The summed E-state index contributed by atoms with van der Waals surface area (Å²) in [4.78, 5) is 14.5. The molecule has 0 N–H and O–H groups in total. The SMILES string of the molecule is C[S+](C)C[P+]1([O-])N(CC(C)(C)C)[C@@H]2CCCC[C@H]2N1CC(C)(C)C. The van der Waals surface area contributed by atoms with Gasteiger partial charge in [-0.05, 0) is 23.7 Å². The zero-order valence-electron chi connectivity index (χ0n) is 17.3. The molecule has 24 heavy (non-hydrogen) atoms. The summed E-state index contributed by atoms with van der Waals surface area (Å²) >= 11 is 0. The summed E-state index contributed by atoms with van der Waals surface area (Å²) in [6.45, 7) is 15.7. The van der Waals surface area contributed by atoms with Gasteiger partial charge in [-0.3, -0.25) is 0 Å². The average Bonchev–Trinajstić information content (AvgIpc) is 2.58. The van der Waals surface area contributed by atoms with Gasteiger partial charge in [-0.25, -0.2) is 0 Å². The first-order valence-electron chi connectivity index (χ1n) is 9.51. The van der Waals surface area contributed by atoms with E-state index in [0.717, 1.165) is 18.6 Å². The highest BCUT2D eigenvalue weighted by atomic mass is 32.2. The minimum Gasteiger partial charge on any atom is -0.647 e. The van der Waals surface area contributed by atoms with E-state index < -0.39 is 7.79 Å². The van der Waals surface area contributed by atoms with Crippen LogP contribution < -0.4 is 4.89 Å². The van der Waals surface area contributed by atoms with E-state index in [4.69, 9.17) is 0 Å². The summed E-state index contributed by atoms with van der Waals surface area (Å²) in [6, 6.07) is 1.02. The summed E-state index contributed by atoms with van der Waals surface area (Å²) in [5.41, 5.74) is 1.25. The summed E-state index contributed by atoms with van der Waals surface area (Å²) in [6.07, 6.45) is 9.57. The fraction of sp³-hybridized carbons (Fsp3) is 1.00. The Balaban J connectivity index is 2.41. The molecule has 1 saturated carbocycles. The lowest BCUT2D eigenvalue weighted by Crippen LogP contribution is -2.44. The van der Waals surface area contributed by atoms with E-state index in [1.807, 2.05) is 0 Å². The van der Waals surface area contributed by atoms with Crippen LogP contribution in [-0.4, -0.2) is 52.5 Å². The van der Waals surface area contributed by atoms with Crippen molar-refractivity contribution in [3.8, 4) is 0 Å². The Labute approximate surface area is 154 Å². The highest BCUT2D eigenvalue weighted by molar-refractivity contribution is 8.02. The molecule has 142 valence electrons. The molecule has 5 heteroatoms. The van der Waals surface area contributed by atoms with Crippen LogP contribution >= 0.6 is 7.79 Å². The van der Waals surface area contributed by atoms with Crippen LogP contribution in [0.4, 0.5) is 0 Å². The molecule has 0 amide bonds. The molecule has 0 unspecified atom stereocenters. The van der Waals surface area contributed by atoms with E-state index >= 15 is 0 Å². The molecule has 0 spiro atoms. The molecular formula is C19H40N2OPS+. The van der Waals surface area contributed by atoms with Gasteiger partial charge >= 0.3 is 0 Å². The fourth-order valence-electron chi connectivity index (χ4n) is 4.31. The van der Waals surface area contributed by atoms with E-state index in [-0.39, 0.29) is 21.7 Å². The van der Waals surface area contributed by atoms with Gasteiger partial charge in [0.25, 0.3) is 0 Å². The Bertz CT molecular complexity index is 398. The third-order valence-electron chi connectivity index (χ3n) is 4.96. The molecule has 2 fully saturated rings. The van der Waals surface area contributed by atoms with Crippen molar-refractivity contribution in [2.75, 3.05) is 31.1 Å². The van der Waals surface area contributed by atoms with Crippen LogP contribution in [0.15, 0.2) is 0 Å². The molecule has 0 radical (unpaired) electrons. The van der Waals surface area contributed by atoms with Gasteiger partial charge in [0.15, 0.2) is 7.79 Å². The maximum Gasteiger partial charge on any atom is 0.234 e. The van der Waals surface area contributed by atoms with E-state index in [1.165, 1.54) is 25.7 Å². The fourth-order valence-corrected chi connectivity index (χ4v) is 11.2. The van der Waals surface area contributed by atoms with Crippen molar-refractivity contribution in [1.82, 2.24) is 9.34 Å². The zero-order chi connectivity index (χ0) is 18.3. The number of rotatable bonds is 4. The van der Waals surface area contributed by atoms with Crippen LogP contribution in [0.3, 0.4) is 0 Å². The molecular weight excluding hydrogens is 335 g/mol. The summed E-state index contributed by atoms with van der Waals surface area (Å²) in [5, 5.41) is 0. The van der Waals surface area contributed by atoms with E-state index in [1.54, 1.807) is 0 Å². The van der Waals surface area contributed by atoms with Crippen molar-refractivity contribution in [3.05, 3.63) is 0 Å². The van der Waals surface area contributed by atoms with E-state index in [2.05, 4.69) is 63.4 Å². The van der Waals surface area contributed by atoms with Gasteiger partial charge in [0.2, 0.25) is 5.49 Å². The van der Waals surface area contributed by atoms with Crippen LogP contribution in [0.1, 0.15) is 67.2 Å². The standard InChI is InChI=1S/C19H40N2OPS/c1-18(2,3)13-20-16-11-9-10-12-17(16)21(14-19(4,5)6)23(20,22)15-24(7)8/h16-17H,9-15H2,1-8H3/q+1/t16-,17-/m1/s1. The molecule has 0 bridgehead atoms. The molecule has 1 heterocycles. The van der Waals surface area contributed by atoms with Gasteiger partial charge in [-0.2, -0.15) is 9.34 Å². The summed E-state index contributed by atoms with van der Waals surface area (Å²) in [5.74, 6) is 0. The second kappa shape index (κ2) is 7.35. The van der Waals surface area contributed by atoms with Gasteiger partial charge in [0.05, 0.1) is 12.1 Å². The first-order valence-corrected chi connectivity index (χ1v) is 13.5. The lowest BCUT2D eigenvalue weighted by molar-refractivity contribution is -0.191. The maximum atomic E-state index is 14.5. The quantitative estimate of drug-likeness (QED) is 0.550. The first kappa shape index (κ1) is 21.0. The topological polar surface area (TPSA) is 29.5 Å². The molecule has 1 aliphatic heterocycles. The van der Waals surface area contributed by atoms with Crippen LogP contribution in [0.2, 0.25) is 0 Å². The number of hydrogen-bond donors (Lipinski definition) is 0. The Morgan fingerprint density at radius 1 is 0.875 bits per heavy atom. The number of fused-ring (bicyclic) bond motifs is 1. The van der Waals surface area contributed by atoms with Gasteiger partial charge in [-0.15, -0.1) is 0 Å². The maximum absolute atomic E-state index is 14.5. The molecule has 2 aliphatic rings. The monoisotopic (exact) mass is 375 g/mol. The lowest BCUT2D eigenvalue weighted by Gasteiger charge is -2.42. The highest BCUT2D eigenvalue weighted by Crippen LogP contribution is 2.68. The lowest BCUT2D eigenvalue weighted by atomic mass is 9.87. The molecule has 0 aromatic carbocycles. The van der Waals surface area contributed by atoms with Crippen molar-refractivity contribution in [3.63, 3.8) is 0 Å². The van der Waals surface area contributed by atoms with Gasteiger partial charge in [-0.1, -0.05) is 54.4 Å². The van der Waals surface area contributed by atoms with Crippen molar-refractivity contribution in [1.29, 1.82) is 0 Å². The average molecular weight is 376 g/mol. The molecule has 2 rings (SSSR count). The van der Waals surface area contributed by atoms with Crippen molar-refractivity contribution in [2.24, 2.45) is 10.8 Å². The molecule has 1 aliphatic carbocycles. The summed E-state index contributed by atoms with van der Waals surface area (Å²) in [7, 11) is -2.27. The second-order valence-corrected chi connectivity index (χ2v) is 15.9. The summed E-state index contributed by atoms with van der Waals surface area (Å²) < 4.78 is 4.99. The molecule has 2 atom stereocenters. The number of hydrogen-bond acceptors (Lipinski definition) is 3. The minimum atomic E-state index is -2.47. The second-order valence-electron chi connectivity index (χ2n) is 10.5. The van der Waals surface area contributed by atoms with Crippen molar-refractivity contribution >= 4 is 18.7 Å². The smallest absolute Gasteiger partial charge is 0.234 e. The third-order valence-corrected chi connectivity index (χ3v) is 10.9. The zero-order valence-corrected chi connectivity index (χ0v) is 19.0. The van der Waals surface area contributed by atoms with Gasteiger partial charge in [0, 0.05) is 24.0 Å². The van der Waals surface area contributed by atoms with Crippen LogP contribution in [0, 0.1) is 10.8 Å². The van der Waals surface area contributed by atoms with Crippen LogP contribution in [-0.2, 0) is 10.9 Å². The van der Waals surface area contributed by atoms with E-state index in [0.29, 0.717) is 12.1 Å². The van der Waals surface area contributed by atoms with E-state index in [9.17, 15) is 4.89 Å². The predicted molar refractivity (Wildman–Crippen MR) is 109 cm³/mol.